The average molecular weight is 320 g/mol. The number of amides is 1. The standard InChI is InChI=1S/C16H18ClN3O2/c1-10-8-14(20(2)19-10)16(21)18-13-4-3-7-22-15-9-11(17)5-6-12(13)15/h5-6,8-9,13H,3-4,7H2,1-2H3,(H,18,21)/t13-/m1/s1. The first-order valence-corrected chi connectivity index (χ1v) is 7.66. The van der Waals surface area contributed by atoms with Crippen molar-refractivity contribution in [2.45, 2.75) is 25.8 Å². The molecule has 0 saturated carbocycles. The van der Waals surface area contributed by atoms with Crippen molar-refractivity contribution >= 4 is 17.5 Å². The highest BCUT2D eigenvalue weighted by Crippen LogP contribution is 2.33. The van der Waals surface area contributed by atoms with Gasteiger partial charge in [-0.1, -0.05) is 17.7 Å². The third-order valence-electron chi connectivity index (χ3n) is 3.79. The summed E-state index contributed by atoms with van der Waals surface area (Å²) in [5, 5.41) is 7.93. The summed E-state index contributed by atoms with van der Waals surface area (Å²) in [6.45, 7) is 2.50. The fourth-order valence-electron chi connectivity index (χ4n) is 2.75. The molecule has 22 heavy (non-hydrogen) atoms. The van der Waals surface area contributed by atoms with Crippen molar-refractivity contribution in [3.63, 3.8) is 0 Å². The molecule has 0 spiro atoms. The SMILES string of the molecule is Cc1cc(C(=O)N[C@@H]2CCCOc3cc(Cl)ccc32)n(C)n1. The van der Waals surface area contributed by atoms with E-state index in [9.17, 15) is 4.79 Å². The van der Waals surface area contributed by atoms with Gasteiger partial charge in [-0.05, 0) is 38.0 Å². The lowest BCUT2D eigenvalue weighted by Gasteiger charge is -2.18. The predicted molar refractivity (Wildman–Crippen MR) is 84.3 cm³/mol. The summed E-state index contributed by atoms with van der Waals surface area (Å²) >= 11 is 6.02. The fourth-order valence-corrected chi connectivity index (χ4v) is 2.91. The number of halogens is 1. The molecule has 0 bridgehead atoms. The number of aromatic nitrogens is 2. The first-order valence-electron chi connectivity index (χ1n) is 7.28. The van der Waals surface area contributed by atoms with Crippen LogP contribution in [0.4, 0.5) is 0 Å². The summed E-state index contributed by atoms with van der Waals surface area (Å²) in [6, 6.07) is 7.24. The van der Waals surface area contributed by atoms with Crippen LogP contribution < -0.4 is 10.1 Å². The Morgan fingerprint density at radius 3 is 3.00 bits per heavy atom. The van der Waals surface area contributed by atoms with Crippen molar-refractivity contribution in [3.8, 4) is 5.75 Å². The lowest BCUT2D eigenvalue weighted by molar-refractivity contribution is 0.0925. The molecule has 0 aliphatic carbocycles. The van der Waals surface area contributed by atoms with E-state index in [0.717, 1.165) is 29.8 Å². The van der Waals surface area contributed by atoms with Crippen molar-refractivity contribution in [3.05, 3.63) is 46.2 Å². The highest BCUT2D eigenvalue weighted by molar-refractivity contribution is 6.30. The first kappa shape index (κ1) is 14.9. The smallest absolute Gasteiger partial charge is 0.270 e. The van der Waals surface area contributed by atoms with E-state index < -0.39 is 0 Å². The number of carbonyl (C=O) groups excluding carboxylic acids is 1. The Balaban J connectivity index is 1.86. The van der Waals surface area contributed by atoms with Crippen LogP contribution in [0.15, 0.2) is 24.3 Å². The second kappa shape index (κ2) is 6.01. The highest BCUT2D eigenvalue weighted by Gasteiger charge is 2.23. The minimum atomic E-state index is -0.129. The van der Waals surface area contributed by atoms with E-state index in [1.807, 2.05) is 19.1 Å². The van der Waals surface area contributed by atoms with Crippen molar-refractivity contribution < 1.29 is 9.53 Å². The molecule has 2 aromatic rings. The van der Waals surface area contributed by atoms with Crippen LogP contribution in [-0.4, -0.2) is 22.3 Å². The number of ether oxygens (including phenoxy) is 1. The summed E-state index contributed by atoms with van der Waals surface area (Å²) in [4.78, 5) is 12.5. The van der Waals surface area contributed by atoms with Gasteiger partial charge in [-0.15, -0.1) is 0 Å². The molecule has 6 heteroatoms. The second-order valence-corrected chi connectivity index (χ2v) is 5.93. The molecule has 5 nitrogen and oxygen atoms in total. The predicted octanol–water partition coefficient (Wildman–Crippen LogP) is 3.03. The number of rotatable bonds is 2. The van der Waals surface area contributed by atoms with Gasteiger partial charge in [0.1, 0.15) is 11.4 Å². The number of hydrogen-bond donors (Lipinski definition) is 1. The van der Waals surface area contributed by atoms with Crippen LogP contribution in [0.2, 0.25) is 5.02 Å². The lowest BCUT2D eigenvalue weighted by Crippen LogP contribution is -2.29. The molecule has 0 radical (unpaired) electrons. The molecular weight excluding hydrogens is 302 g/mol. The van der Waals surface area contributed by atoms with E-state index in [0.29, 0.717) is 17.3 Å². The summed E-state index contributed by atoms with van der Waals surface area (Å²) in [7, 11) is 1.77. The largest absolute Gasteiger partial charge is 0.493 e. The highest BCUT2D eigenvalue weighted by atomic mass is 35.5. The Hall–Kier alpha value is -2.01. The molecule has 1 aliphatic heterocycles. The average Bonchev–Trinajstić information content (AvgIpc) is 2.69. The topological polar surface area (TPSA) is 56.1 Å². The first-order chi connectivity index (χ1) is 10.5. The number of benzene rings is 1. The molecule has 2 heterocycles. The quantitative estimate of drug-likeness (QED) is 0.925. The number of aryl methyl sites for hydroxylation is 2. The van der Waals surface area contributed by atoms with Crippen LogP contribution in [0, 0.1) is 6.92 Å². The maximum atomic E-state index is 12.5. The van der Waals surface area contributed by atoms with E-state index in [1.54, 1.807) is 23.9 Å². The van der Waals surface area contributed by atoms with Crippen LogP contribution in [0.5, 0.6) is 5.75 Å². The van der Waals surface area contributed by atoms with Gasteiger partial charge in [-0.25, -0.2) is 0 Å². The zero-order chi connectivity index (χ0) is 15.7. The third kappa shape index (κ3) is 2.95. The summed E-state index contributed by atoms with van der Waals surface area (Å²) in [5.74, 6) is 0.618. The monoisotopic (exact) mass is 319 g/mol. The third-order valence-corrected chi connectivity index (χ3v) is 4.02. The summed E-state index contributed by atoms with van der Waals surface area (Å²) in [6.07, 6.45) is 1.71. The molecule has 3 rings (SSSR count). The van der Waals surface area contributed by atoms with Crippen molar-refractivity contribution in [2.75, 3.05) is 6.61 Å². The molecule has 0 saturated heterocycles. The van der Waals surface area contributed by atoms with Crippen LogP contribution in [0.1, 0.15) is 40.6 Å². The number of hydrogen-bond acceptors (Lipinski definition) is 3. The van der Waals surface area contributed by atoms with Gasteiger partial charge in [-0.3, -0.25) is 9.48 Å². The Morgan fingerprint density at radius 2 is 2.27 bits per heavy atom. The zero-order valence-corrected chi connectivity index (χ0v) is 13.4. The maximum absolute atomic E-state index is 12.5. The molecular formula is C16H18ClN3O2. The van der Waals surface area contributed by atoms with Crippen molar-refractivity contribution in [1.82, 2.24) is 15.1 Å². The minimum Gasteiger partial charge on any atom is -0.493 e. The molecule has 1 amide bonds. The summed E-state index contributed by atoms with van der Waals surface area (Å²) in [5.41, 5.74) is 2.34. The van der Waals surface area contributed by atoms with Gasteiger partial charge < -0.3 is 10.1 Å². The molecule has 1 aromatic heterocycles. The number of carbonyl (C=O) groups is 1. The van der Waals surface area contributed by atoms with Gasteiger partial charge >= 0.3 is 0 Å². The van der Waals surface area contributed by atoms with Gasteiger partial charge in [0.15, 0.2) is 0 Å². The lowest BCUT2D eigenvalue weighted by atomic mass is 10.0. The van der Waals surface area contributed by atoms with Gasteiger partial charge in [0.25, 0.3) is 5.91 Å². The van der Waals surface area contributed by atoms with E-state index >= 15 is 0 Å². The van der Waals surface area contributed by atoms with Crippen LogP contribution >= 0.6 is 11.6 Å². The van der Waals surface area contributed by atoms with E-state index in [-0.39, 0.29) is 11.9 Å². The number of nitrogens with one attached hydrogen (secondary N) is 1. The fraction of sp³-hybridized carbons (Fsp3) is 0.375. The summed E-state index contributed by atoms with van der Waals surface area (Å²) < 4.78 is 7.32. The molecule has 116 valence electrons. The van der Waals surface area contributed by atoms with Crippen molar-refractivity contribution in [2.24, 2.45) is 7.05 Å². The van der Waals surface area contributed by atoms with E-state index in [4.69, 9.17) is 16.3 Å². The second-order valence-electron chi connectivity index (χ2n) is 5.49. The van der Waals surface area contributed by atoms with Gasteiger partial charge in [0.05, 0.1) is 18.3 Å². The van der Waals surface area contributed by atoms with Crippen LogP contribution in [0.25, 0.3) is 0 Å². The zero-order valence-electron chi connectivity index (χ0n) is 12.6. The molecule has 0 unspecified atom stereocenters. The van der Waals surface area contributed by atoms with Crippen molar-refractivity contribution in [1.29, 1.82) is 0 Å². The molecule has 1 aliphatic rings. The molecule has 1 atom stereocenters. The number of fused-ring (bicyclic) bond motifs is 1. The van der Waals surface area contributed by atoms with Crippen LogP contribution in [-0.2, 0) is 7.05 Å². The molecule has 1 aromatic carbocycles. The normalized spacial score (nSPS) is 17.3. The minimum absolute atomic E-state index is 0.0857. The maximum Gasteiger partial charge on any atom is 0.270 e. The number of nitrogens with zero attached hydrogens (tertiary/aromatic N) is 2. The Bertz CT molecular complexity index is 711. The molecule has 1 N–H and O–H groups in total. The Labute approximate surface area is 134 Å². The molecule has 0 fully saturated rings. The van der Waals surface area contributed by atoms with E-state index in [2.05, 4.69) is 10.4 Å². The van der Waals surface area contributed by atoms with Gasteiger partial charge in [0, 0.05) is 17.6 Å². The van der Waals surface area contributed by atoms with E-state index in [1.165, 1.54) is 0 Å². The Morgan fingerprint density at radius 1 is 1.45 bits per heavy atom. The van der Waals surface area contributed by atoms with Crippen LogP contribution in [0.3, 0.4) is 0 Å². The van der Waals surface area contributed by atoms with Gasteiger partial charge in [0.2, 0.25) is 0 Å². The Kier molecular flexibility index (Phi) is 4.07. The van der Waals surface area contributed by atoms with Gasteiger partial charge in [-0.2, -0.15) is 5.10 Å².